The second-order valence-electron chi connectivity index (χ2n) is 4.10. The molecule has 2 N–H and O–H groups in total. The molecule has 1 aliphatic carbocycles. The van der Waals surface area contributed by atoms with Crippen molar-refractivity contribution in [3.8, 4) is 0 Å². The van der Waals surface area contributed by atoms with Crippen molar-refractivity contribution in [3.05, 3.63) is 29.6 Å². The average Bonchev–Trinajstić information content (AvgIpc) is 3.01. The zero-order valence-electron chi connectivity index (χ0n) is 9.24. The van der Waals surface area contributed by atoms with Crippen LogP contribution < -0.4 is 5.73 Å². The normalized spacial score (nSPS) is 14.9. The van der Waals surface area contributed by atoms with E-state index in [0.29, 0.717) is 18.2 Å². The second-order valence-corrected chi connectivity index (χ2v) is 4.10. The lowest BCUT2D eigenvalue weighted by Crippen LogP contribution is -2.32. The van der Waals surface area contributed by atoms with Gasteiger partial charge in [-0.1, -0.05) is 0 Å². The molecule has 4 heteroatoms. The standard InChI is InChI=1S/C12H15FN2O/c1-2-15(11-3-4-11)12(16)8-5-9(13)7-10(14)6-8/h5-7,11H,2-4,14H2,1H3. The van der Waals surface area contributed by atoms with Crippen LogP contribution in [0.2, 0.25) is 0 Å². The molecule has 0 atom stereocenters. The first-order chi connectivity index (χ1) is 7.61. The minimum atomic E-state index is -0.463. The van der Waals surface area contributed by atoms with Gasteiger partial charge in [-0.15, -0.1) is 0 Å². The lowest BCUT2D eigenvalue weighted by molar-refractivity contribution is 0.0752. The monoisotopic (exact) mass is 222 g/mol. The summed E-state index contributed by atoms with van der Waals surface area (Å²) in [4.78, 5) is 13.8. The summed E-state index contributed by atoms with van der Waals surface area (Å²) in [6.45, 7) is 2.58. The average molecular weight is 222 g/mol. The molecular formula is C12H15FN2O. The number of hydrogen-bond acceptors (Lipinski definition) is 2. The molecule has 16 heavy (non-hydrogen) atoms. The summed E-state index contributed by atoms with van der Waals surface area (Å²) in [5, 5.41) is 0. The highest BCUT2D eigenvalue weighted by molar-refractivity contribution is 5.95. The smallest absolute Gasteiger partial charge is 0.254 e. The largest absolute Gasteiger partial charge is 0.399 e. The summed E-state index contributed by atoms with van der Waals surface area (Å²) in [6.07, 6.45) is 2.09. The molecule has 0 bridgehead atoms. The fourth-order valence-electron chi connectivity index (χ4n) is 1.86. The Morgan fingerprint density at radius 2 is 2.19 bits per heavy atom. The Morgan fingerprint density at radius 1 is 1.50 bits per heavy atom. The molecule has 0 radical (unpaired) electrons. The maximum absolute atomic E-state index is 13.1. The first-order valence-corrected chi connectivity index (χ1v) is 5.49. The van der Waals surface area contributed by atoms with E-state index in [1.807, 2.05) is 6.92 Å². The molecular weight excluding hydrogens is 207 g/mol. The van der Waals surface area contributed by atoms with Crippen molar-refractivity contribution in [2.45, 2.75) is 25.8 Å². The molecule has 1 aromatic carbocycles. The number of amides is 1. The SMILES string of the molecule is CCN(C(=O)c1cc(N)cc(F)c1)C1CC1. The van der Waals surface area contributed by atoms with Gasteiger partial charge >= 0.3 is 0 Å². The Morgan fingerprint density at radius 3 is 2.69 bits per heavy atom. The Hall–Kier alpha value is -1.58. The van der Waals surface area contributed by atoms with Crippen molar-refractivity contribution in [2.75, 3.05) is 12.3 Å². The first kappa shape index (κ1) is 10.9. The van der Waals surface area contributed by atoms with Gasteiger partial charge in [-0.05, 0) is 38.0 Å². The van der Waals surface area contributed by atoms with Crippen LogP contribution in [0, 0.1) is 5.82 Å². The van der Waals surface area contributed by atoms with E-state index >= 15 is 0 Å². The maximum atomic E-state index is 13.1. The van der Waals surface area contributed by atoms with E-state index in [0.717, 1.165) is 12.8 Å². The predicted molar refractivity (Wildman–Crippen MR) is 60.5 cm³/mol. The van der Waals surface area contributed by atoms with Crippen LogP contribution in [0.15, 0.2) is 18.2 Å². The van der Waals surface area contributed by atoms with E-state index in [2.05, 4.69) is 0 Å². The van der Waals surface area contributed by atoms with E-state index in [1.165, 1.54) is 18.2 Å². The number of anilines is 1. The summed E-state index contributed by atoms with van der Waals surface area (Å²) in [7, 11) is 0. The molecule has 1 fully saturated rings. The summed E-state index contributed by atoms with van der Waals surface area (Å²) in [5.41, 5.74) is 6.15. The maximum Gasteiger partial charge on any atom is 0.254 e. The third-order valence-corrected chi connectivity index (χ3v) is 2.76. The number of hydrogen-bond donors (Lipinski definition) is 1. The number of rotatable bonds is 3. The van der Waals surface area contributed by atoms with Gasteiger partial charge in [-0.3, -0.25) is 4.79 Å². The van der Waals surface area contributed by atoms with Gasteiger partial charge in [0.05, 0.1) is 0 Å². The number of carbonyl (C=O) groups is 1. The zero-order valence-corrected chi connectivity index (χ0v) is 9.24. The zero-order chi connectivity index (χ0) is 11.7. The van der Waals surface area contributed by atoms with Gasteiger partial charge in [0.2, 0.25) is 0 Å². The first-order valence-electron chi connectivity index (χ1n) is 5.49. The Balaban J connectivity index is 2.24. The molecule has 0 aromatic heterocycles. The molecule has 0 heterocycles. The summed E-state index contributed by atoms with van der Waals surface area (Å²) in [5.74, 6) is -0.591. The van der Waals surface area contributed by atoms with E-state index in [4.69, 9.17) is 5.73 Å². The minimum absolute atomic E-state index is 0.129. The summed E-state index contributed by atoms with van der Waals surface area (Å²) >= 11 is 0. The molecule has 3 nitrogen and oxygen atoms in total. The lowest BCUT2D eigenvalue weighted by Gasteiger charge is -2.20. The van der Waals surface area contributed by atoms with Crippen LogP contribution in [-0.4, -0.2) is 23.4 Å². The fourth-order valence-corrected chi connectivity index (χ4v) is 1.86. The van der Waals surface area contributed by atoms with Gasteiger partial charge in [-0.2, -0.15) is 0 Å². The molecule has 0 aliphatic heterocycles. The Labute approximate surface area is 94.0 Å². The van der Waals surface area contributed by atoms with Gasteiger partial charge in [0.25, 0.3) is 5.91 Å². The lowest BCUT2D eigenvalue weighted by atomic mass is 10.1. The van der Waals surface area contributed by atoms with Crippen LogP contribution in [0.1, 0.15) is 30.1 Å². The Kier molecular flexibility index (Phi) is 2.81. The van der Waals surface area contributed by atoms with Gasteiger partial charge in [0.1, 0.15) is 5.82 Å². The molecule has 1 aromatic rings. The third-order valence-electron chi connectivity index (χ3n) is 2.76. The van der Waals surface area contributed by atoms with Gasteiger partial charge in [0, 0.05) is 23.8 Å². The highest BCUT2D eigenvalue weighted by Crippen LogP contribution is 2.28. The van der Waals surface area contributed by atoms with E-state index < -0.39 is 5.82 Å². The molecule has 1 saturated carbocycles. The van der Waals surface area contributed by atoms with Crippen LogP contribution in [0.5, 0.6) is 0 Å². The summed E-state index contributed by atoms with van der Waals surface area (Å²) in [6, 6.07) is 4.31. The Bertz CT molecular complexity index is 395. The molecule has 0 spiro atoms. The molecule has 1 amide bonds. The molecule has 1 aliphatic rings. The van der Waals surface area contributed by atoms with E-state index in [9.17, 15) is 9.18 Å². The van der Waals surface area contributed by atoms with Crippen molar-refractivity contribution < 1.29 is 9.18 Å². The topological polar surface area (TPSA) is 46.3 Å². The van der Waals surface area contributed by atoms with Crippen LogP contribution in [0.4, 0.5) is 10.1 Å². The second kappa shape index (κ2) is 4.12. The van der Waals surface area contributed by atoms with Crippen molar-refractivity contribution in [2.24, 2.45) is 0 Å². The van der Waals surface area contributed by atoms with Gasteiger partial charge in [-0.25, -0.2) is 4.39 Å². The number of nitrogen functional groups attached to an aromatic ring is 1. The highest BCUT2D eigenvalue weighted by atomic mass is 19.1. The predicted octanol–water partition coefficient (Wildman–Crippen LogP) is 2.03. The van der Waals surface area contributed by atoms with Crippen LogP contribution in [0.25, 0.3) is 0 Å². The number of halogens is 1. The third kappa shape index (κ3) is 2.15. The van der Waals surface area contributed by atoms with Crippen molar-refractivity contribution in [1.29, 1.82) is 0 Å². The van der Waals surface area contributed by atoms with Crippen LogP contribution in [-0.2, 0) is 0 Å². The highest BCUT2D eigenvalue weighted by Gasteiger charge is 2.31. The molecule has 86 valence electrons. The number of nitrogens with two attached hydrogens (primary N) is 1. The van der Waals surface area contributed by atoms with E-state index in [-0.39, 0.29) is 11.6 Å². The molecule has 2 rings (SSSR count). The van der Waals surface area contributed by atoms with Crippen LogP contribution in [0.3, 0.4) is 0 Å². The summed E-state index contributed by atoms with van der Waals surface area (Å²) < 4.78 is 13.1. The van der Waals surface area contributed by atoms with Crippen molar-refractivity contribution in [3.63, 3.8) is 0 Å². The van der Waals surface area contributed by atoms with Gasteiger partial charge in [0.15, 0.2) is 0 Å². The van der Waals surface area contributed by atoms with Crippen molar-refractivity contribution >= 4 is 11.6 Å². The molecule has 0 unspecified atom stereocenters. The molecule has 0 saturated heterocycles. The number of carbonyl (C=O) groups excluding carboxylic acids is 1. The minimum Gasteiger partial charge on any atom is -0.399 e. The van der Waals surface area contributed by atoms with Crippen LogP contribution >= 0.6 is 0 Å². The quantitative estimate of drug-likeness (QED) is 0.795. The van der Waals surface area contributed by atoms with Gasteiger partial charge < -0.3 is 10.6 Å². The number of nitrogens with zero attached hydrogens (tertiary/aromatic N) is 1. The van der Waals surface area contributed by atoms with Crippen molar-refractivity contribution in [1.82, 2.24) is 4.90 Å². The van der Waals surface area contributed by atoms with E-state index in [1.54, 1.807) is 4.90 Å². The number of benzene rings is 1. The fraction of sp³-hybridized carbons (Fsp3) is 0.417.